The summed E-state index contributed by atoms with van der Waals surface area (Å²) >= 11 is 15.0. The molecule has 0 bridgehead atoms. The molecule has 0 atom stereocenters. The van der Waals surface area contributed by atoms with E-state index in [1.54, 1.807) is 50.8 Å². The van der Waals surface area contributed by atoms with Crippen molar-refractivity contribution in [3.63, 3.8) is 0 Å². The number of rotatable bonds is 15. The minimum absolute atomic E-state index is 0.127. The van der Waals surface area contributed by atoms with Gasteiger partial charge in [-0.05, 0) is 67.0 Å². The van der Waals surface area contributed by atoms with E-state index in [4.69, 9.17) is 27.4 Å². The SMILES string of the molecule is Cc1ccc(S(=O)(=O)OCCCc2ccc(CSc3cnn(C)c(=O)c3Cl)cc2)cc1.Cn1ncc(SCc2ccc(CCCF)cc2)c(Cl)c1=O. The van der Waals surface area contributed by atoms with Crippen LogP contribution < -0.4 is 11.1 Å². The summed E-state index contributed by atoms with van der Waals surface area (Å²) in [5, 5.41) is 8.34. The Balaban J connectivity index is 0.000000251. The number of hydrogen-bond acceptors (Lipinski definition) is 9. The Bertz CT molecular complexity index is 2150. The molecule has 52 heavy (non-hydrogen) atoms. The average Bonchev–Trinajstić information content (AvgIpc) is 3.14. The van der Waals surface area contributed by atoms with E-state index in [1.165, 1.54) is 32.9 Å². The van der Waals surface area contributed by atoms with E-state index in [1.807, 2.05) is 55.5 Å². The standard InChI is InChI=1S/C22H23ClN2O4S2.C15H16ClFN2OS/c1-16-5-11-19(12-6-16)31(27,28)29-13-3-4-17-7-9-18(10-8-17)15-30-20-14-24-25(2)22(26)21(20)23;1-19-15(20)14(16)13(9-18-19)21-10-12-6-4-11(5-7-12)3-2-8-17/h5-12,14H,3-4,13,15H2,1-2H3;4-7,9H,2-3,8,10H2,1H3. The molecule has 0 saturated heterocycles. The summed E-state index contributed by atoms with van der Waals surface area (Å²) in [6.07, 6.45) is 5.81. The fourth-order valence-electron chi connectivity index (χ4n) is 4.61. The molecular formula is C37H39Cl2FN4O5S3. The molecule has 5 aromatic rings. The lowest BCUT2D eigenvalue weighted by Crippen LogP contribution is -2.19. The summed E-state index contributed by atoms with van der Waals surface area (Å²) in [6, 6.07) is 22.7. The van der Waals surface area contributed by atoms with Gasteiger partial charge in [0.25, 0.3) is 21.2 Å². The number of nitrogens with zero attached hydrogens (tertiary/aromatic N) is 4. The van der Waals surface area contributed by atoms with Crippen LogP contribution in [-0.4, -0.2) is 41.3 Å². The highest BCUT2D eigenvalue weighted by Crippen LogP contribution is 2.28. The third-order valence-corrected chi connectivity index (χ3v) is 12.2. The van der Waals surface area contributed by atoms with Crippen LogP contribution in [0, 0.1) is 6.92 Å². The molecule has 0 spiro atoms. The van der Waals surface area contributed by atoms with Crippen molar-refractivity contribution >= 4 is 56.8 Å². The molecule has 0 saturated carbocycles. The highest BCUT2D eigenvalue weighted by molar-refractivity contribution is 7.98. The van der Waals surface area contributed by atoms with Gasteiger partial charge < -0.3 is 0 Å². The van der Waals surface area contributed by atoms with Crippen LogP contribution in [0.1, 0.15) is 40.7 Å². The average molecular weight is 806 g/mol. The lowest BCUT2D eigenvalue weighted by molar-refractivity contribution is 0.312. The molecule has 0 fully saturated rings. The van der Waals surface area contributed by atoms with E-state index >= 15 is 0 Å². The summed E-state index contributed by atoms with van der Waals surface area (Å²) in [7, 11) is -0.596. The molecule has 0 aliphatic heterocycles. The van der Waals surface area contributed by atoms with Crippen LogP contribution in [0.15, 0.2) is 109 Å². The van der Waals surface area contributed by atoms with Gasteiger partial charge in [-0.1, -0.05) is 89.4 Å². The zero-order chi connectivity index (χ0) is 37.7. The number of aromatic nitrogens is 4. The Morgan fingerprint density at radius 1 is 0.692 bits per heavy atom. The molecule has 9 nitrogen and oxygen atoms in total. The summed E-state index contributed by atoms with van der Waals surface area (Å²) in [6.45, 7) is 1.74. The topological polar surface area (TPSA) is 113 Å². The Kier molecular flexibility index (Phi) is 16.0. The first kappa shape index (κ1) is 41.3. The fraction of sp³-hybridized carbons (Fsp3) is 0.297. The summed E-state index contributed by atoms with van der Waals surface area (Å²) in [4.78, 5) is 25.0. The van der Waals surface area contributed by atoms with Gasteiger partial charge in [0.05, 0.1) is 40.4 Å². The van der Waals surface area contributed by atoms with Crippen molar-refractivity contribution in [2.75, 3.05) is 13.3 Å². The van der Waals surface area contributed by atoms with E-state index in [9.17, 15) is 22.4 Å². The first-order valence-corrected chi connectivity index (χ1v) is 20.4. The van der Waals surface area contributed by atoms with Gasteiger partial charge >= 0.3 is 0 Å². The minimum atomic E-state index is -3.72. The Hall–Kier alpha value is -3.46. The van der Waals surface area contributed by atoms with Crippen molar-refractivity contribution in [2.45, 2.75) is 58.8 Å². The predicted molar refractivity (Wildman–Crippen MR) is 208 cm³/mol. The summed E-state index contributed by atoms with van der Waals surface area (Å²) in [5.74, 6) is 1.37. The van der Waals surface area contributed by atoms with Gasteiger partial charge in [0.2, 0.25) is 0 Å². The predicted octanol–water partition coefficient (Wildman–Crippen LogP) is 8.00. The smallest absolute Gasteiger partial charge is 0.266 e. The van der Waals surface area contributed by atoms with Crippen LogP contribution in [0.25, 0.3) is 0 Å². The maximum Gasteiger partial charge on any atom is 0.296 e. The summed E-state index contributed by atoms with van der Waals surface area (Å²) in [5.41, 5.74) is 4.84. The van der Waals surface area contributed by atoms with Crippen LogP contribution in [-0.2, 0) is 52.7 Å². The van der Waals surface area contributed by atoms with Gasteiger partial charge in [-0.25, -0.2) is 9.36 Å². The van der Waals surface area contributed by atoms with Crippen molar-refractivity contribution < 1.29 is 17.0 Å². The molecule has 2 aromatic heterocycles. The van der Waals surface area contributed by atoms with Gasteiger partial charge in [0.15, 0.2) is 0 Å². The molecule has 5 rings (SSSR count). The number of halogens is 3. The molecule has 2 heterocycles. The molecule has 276 valence electrons. The van der Waals surface area contributed by atoms with E-state index in [0.717, 1.165) is 34.2 Å². The number of hydrogen-bond donors (Lipinski definition) is 0. The molecule has 3 aromatic carbocycles. The molecular weight excluding hydrogens is 767 g/mol. The van der Waals surface area contributed by atoms with Crippen molar-refractivity contribution in [3.8, 4) is 0 Å². The second kappa shape index (κ2) is 20.1. The van der Waals surface area contributed by atoms with Crippen molar-refractivity contribution in [2.24, 2.45) is 14.1 Å². The van der Waals surface area contributed by atoms with E-state index in [-0.39, 0.29) is 39.3 Å². The Morgan fingerprint density at radius 3 is 1.56 bits per heavy atom. The Morgan fingerprint density at radius 2 is 1.12 bits per heavy atom. The van der Waals surface area contributed by atoms with E-state index < -0.39 is 10.1 Å². The molecule has 0 aliphatic carbocycles. The van der Waals surface area contributed by atoms with Crippen LogP contribution in [0.3, 0.4) is 0 Å². The number of aryl methyl sites for hydroxylation is 5. The van der Waals surface area contributed by atoms with E-state index in [0.29, 0.717) is 40.6 Å². The third-order valence-electron chi connectivity index (χ3n) is 7.68. The minimum Gasteiger partial charge on any atom is -0.266 e. The maximum absolute atomic E-state index is 12.2. The highest BCUT2D eigenvalue weighted by Gasteiger charge is 2.14. The molecule has 0 radical (unpaired) electrons. The van der Waals surface area contributed by atoms with Crippen molar-refractivity contribution in [1.82, 2.24) is 19.6 Å². The first-order chi connectivity index (χ1) is 24.9. The third kappa shape index (κ3) is 12.3. The molecule has 0 amide bonds. The van der Waals surface area contributed by atoms with Crippen LogP contribution in [0.4, 0.5) is 4.39 Å². The quantitative estimate of drug-likeness (QED) is 0.0590. The first-order valence-electron chi connectivity index (χ1n) is 16.2. The largest absolute Gasteiger partial charge is 0.296 e. The van der Waals surface area contributed by atoms with E-state index in [2.05, 4.69) is 10.2 Å². The van der Waals surface area contributed by atoms with Gasteiger partial charge in [-0.15, -0.1) is 23.5 Å². The van der Waals surface area contributed by atoms with Crippen LogP contribution in [0.5, 0.6) is 0 Å². The highest BCUT2D eigenvalue weighted by atomic mass is 35.5. The lowest BCUT2D eigenvalue weighted by Gasteiger charge is -2.07. The van der Waals surface area contributed by atoms with Gasteiger partial charge in [0, 0.05) is 25.6 Å². The monoisotopic (exact) mass is 804 g/mol. The lowest BCUT2D eigenvalue weighted by atomic mass is 10.1. The second-order valence-electron chi connectivity index (χ2n) is 11.7. The number of benzene rings is 3. The molecule has 0 aliphatic rings. The second-order valence-corrected chi connectivity index (χ2v) is 16.1. The van der Waals surface area contributed by atoms with Crippen LogP contribution in [0.2, 0.25) is 10.0 Å². The zero-order valence-corrected chi connectivity index (χ0v) is 32.9. The number of thioether (sulfide) groups is 2. The molecule has 0 unspecified atom stereocenters. The van der Waals surface area contributed by atoms with Crippen molar-refractivity contribution in [3.05, 3.63) is 144 Å². The molecule has 0 N–H and O–H groups in total. The Labute approximate surface area is 321 Å². The van der Waals surface area contributed by atoms with Crippen molar-refractivity contribution in [1.29, 1.82) is 0 Å². The van der Waals surface area contributed by atoms with Crippen LogP contribution >= 0.6 is 46.7 Å². The fourth-order valence-corrected chi connectivity index (χ4v) is 7.92. The van der Waals surface area contributed by atoms with Gasteiger partial charge in [-0.2, -0.15) is 18.6 Å². The maximum atomic E-state index is 12.2. The number of alkyl halides is 1. The summed E-state index contributed by atoms with van der Waals surface area (Å²) < 4.78 is 44.1. The molecule has 15 heteroatoms. The van der Waals surface area contributed by atoms with Gasteiger partial charge in [0.1, 0.15) is 10.0 Å². The zero-order valence-electron chi connectivity index (χ0n) is 28.9. The normalized spacial score (nSPS) is 11.3. The van der Waals surface area contributed by atoms with Gasteiger partial charge in [-0.3, -0.25) is 18.2 Å².